The zero-order chi connectivity index (χ0) is 17.3. The molecule has 3 rings (SSSR count). The van der Waals surface area contributed by atoms with Gasteiger partial charge in [-0.05, 0) is 31.2 Å². The third kappa shape index (κ3) is 2.78. The Morgan fingerprint density at radius 1 is 1.33 bits per heavy atom. The Balaban J connectivity index is 1.90. The Morgan fingerprint density at radius 2 is 2.12 bits per heavy atom. The lowest BCUT2D eigenvalue weighted by atomic mass is 10.1. The maximum absolute atomic E-state index is 13.7. The van der Waals surface area contributed by atoms with Crippen molar-refractivity contribution in [2.24, 2.45) is 0 Å². The highest BCUT2D eigenvalue weighted by molar-refractivity contribution is 6.06. The second-order valence-corrected chi connectivity index (χ2v) is 4.98. The van der Waals surface area contributed by atoms with Gasteiger partial charge in [0.25, 0.3) is 11.6 Å². The molecule has 0 aliphatic heterocycles. The highest BCUT2D eigenvalue weighted by atomic mass is 19.1. The third-order valence-electron chi connectivity index (χ3n) is 3.48. The predicted octanol–water partition coefficient (Wildman–Crippen LogP) is 2.75. The molecule has 0 aliphatic carbocycles. The Bertz CT molecular complexity index is 953. The molecule has 0 saturated heterocycles. The molecule has 0 atom stereocenters. The van der Waals surface area contributed by atoms with Crippen LogP contribution in [-0.4, -0.2) is 25.8 Å². The van der Waals surface area contributed by atoms with Crippen molar-refractivity contribution in [1.82, 2.24) is 15.0 Å². The van der Waals surface area contributed by atoms with Crippen LogP contribution >= 0.6 is 0 Å². The maximum atomic E-state index is 13.7. The summed E-state index contributed by atoms with van der Waals surface area (Å²) in [5.74, 6) is -1.35. The predicted molar refractivity (Wildman–Crippen MR) is 84.2 cm³/mol. The number of benzene rings is 2. The van der Waals surface area contributed by atoms with Crippen LogP contribution in [0.5, 0.6) is 0 Å². The molecule has 0 radical (unpaired) electrons. The molecule has 0 bridgehead atoms. The van der Waals surface area contributed by atoms with E-state index in [0.29, 0.717) is 12.1 Å². The first-order chi connectivity index (χ1) is 11.5. The zero-order valence-corrected chi connectivity index (χ0v) is 12.6. The number of carbonyl (C=O) groups is 1. The molecule has 122 valence electrons. The summed E-state index contributed by atoms with van der Waals surface area (Å²) in [7, 11) is 0. The molecular formula is C15H12FN5O3. The Labute approximate surface area is 135 Å². The van der Waals surface area contributed by atoms with Crippen LogP contribution < -0.4 is 5.32 Å². The monoisotopic (exact) mass is 329 g/mol. The summed E-state index contributed by atoms with van der Waals surface area (Å²) in [6.45, 7) is 2.56. The molecule has 8 nitrogen and oxygen atoms in total. The molecule has 0 saturated carbocycles. The van der Waals surface area contributed by atoms with E-state index in [0.717, 1.165) is 23.7 Å². The number of nitro groups is 1. The van der Waals surface area contributed by atoms with Gasteiger partial charge in [0.05, 0.1) is 16.1 Å². The number of fused-ring (bicyclic) bond motifs is 1. The molecule has 1 heterocycles. The van der Waals surface area contributed by atoms with Crippen LogP contribution in [0.1, 0.15) is 17.3 Å². The van der Waals surface area contributed by atoms with Crippen molar-refractivity contribution in [2.75, 3.05) is 5.32 Å². The van der Waals surface area contributed by atoms with E-state index < -0.39 is 16.6 Å². The van der Waals surface area contributed by atoms with Crippen LogP contribution in [0.15, 0.2) is 36.4 Å². The second kappa shape index (κ2) is 6.03. The average Bonchev–Trinajstić information content (AvgIpc) is 2.98. The summed E-state index contributed by atoms with van der Waals surface area (Å²) in [5.41, 5.74) is 0.982. The van der Waals surface area contributed by atoms with Crippen LogP contribution in [0.25, 0.3) is 11.0 Å². The smallest absolute Gasteiger partial charge is 0.271 e. The quantitative estimate of drug-likeness (QED) is 0.585. The van der Waals surface area contributed by atoms with Crippen molar-refractivity contribution in [3.05, 3.63) is 57.9 Å². The van der Waals surface area contributed by atoms with E-state index >= 15 is 0 Å². The van der Waals surface area contributed by atoms with Gasteiger partial charge < -0.3 is 5.32 Å². The number of halogens is 1. The molecule has 1 aromatic heterocycles. The Morgan fingerprint density at radius 3 is 2.83 bits per heavy atom. The fourth-order valence-electron chi connectivity index (χ4n) is 2.26. The third-order valence-corrected chi connectivity index (χ3v) is 3.48. The number of amides is 1. The van der Waals surface area contributed by atoms with Crippen LogP contribution in [0, 0.1) is 15.9 Å². The topological polar surface area (TPSA) is 103 Å². The molecule has 1 N–H and O–H groups in total. The summed E-state index contributed by atoms with van der Waals surface area (Å²) in [6.07, 6.45) is 0. The van der Waals surface area contributed by atoms with Gasteiger partial charge in [-0.2, -0.15) is 0 Å². The summed E-state index contributed by atoms with van der Waals surface area (Å²) in [5, 5.41) is 21.0. The minimum atomic E-state index is -0.757. The van der Waals surface area contributed by atoms with Crippen molar-refractivity contribution in [1.29, 1.82) is 0 Å². The van der Waals surface area contributed by atoms with Gasteiger partial charge in [-0.3, -0.25) is 14.9 Å². The van der Waals surface area contributed by atoms with Gasteiger partial charge in [-0.25, -0.2) is 9.07 Å². The van der Waals surface area contributed by atoms with E-state index in [9.17, 15) is 19.3 Å². The van der Waals surface area contributed by atoms with Gasteiger partial charge in [0, 0.05) is 24.2 Å². The van der Waals surface area contributed by atoms with E-state index in [1.165, 1.54) is 6.07 Å². The van der Waals surface area contributed by atoms with E-state index in [2.05, 4.69) is 15.6 Å². The first-order valence-electron chi connectivity index (χ1n) is 7.08. The normalized spacial score (nSPS) is 10.8. The number of anilines is 1. The number of non-ortho nitro benzene ring substituents is 1. The number of hydrogen-bond donors (Lipinski definition) is 1. The Hall–Kier alpha value is -3.36. The van der Waals surface area contributed by atoms with Crippen molar-refractivity contribution in [3.8, 4) is 0 Å². The van der Waals surface area contributed by atoms with Crippen LogP contribution in [-0.2, 0) is 6.54 Å². The van der Waals surface area contributed by atoms with E-state index in [-0.39, 0.29) is 16.9 Å². The number of rotatable bonds is 4. The molecular weight excluding hydrogens is 317 g/mol. The fraction of sp³-hybridized carbons (Fsp3) is 0.133. The van der Waals surface area contributed by atoms with Crippen molar-refractivity contribution in [3.63, 3.8) is 0 Å². The molecule has 0 unspecified atom stereocenters. The first kappa shape index (κ1) is 15.5. The lowest BCUT2D eigenvalue weighted by Crippen LogP contribution is -2.13. The number of aromatic nitrogens is 3. The zero-order valence-electron chi connectivity index (χ0n) is 12.6. The van der Waals surface area contributed by atoms with E-state index in [1.54, 1.807) is 16.8 Å². The van der Waals surface area contributed by atoms with Crippen LogP contribution in [0.2, 0.25) is 0 Å². The second-order valence-electron chi connectivity index (χ2n) is 4.98. The van der Waals surface area contributed by atoms with Crippen LogP contribution in [0.4, 0.5) is 15.8 Å². The van der Waals surface area contributed by atoms with Gasteiger partial charge in [0.15, 0.2) is 0 Å². The van der Waals surface area contributed by atoms with Crippen molar-refractivity contribution >= 4 is 28.3 Å². The van der Waals surface area contributed by atoms with Gasteiger partial charge >= 0.3 is 0 Å². The number of carbonyl (C=O) groups excluding carboxylic acids is 1. The highest BCUT2D eigenvalue weighted by Gasteiger charge is 2.15. The van der Waals surface area contributed by atoms with Gasteiger partial charge in [0.2, 0.25) is 0 Å². The molecule has 0 fully saturated rings. The summed E-state index contributed by atoms with van der Waals surface area (Å²) >= 11 is 0. The molecule has 9 heteroatoms. The van der Waals surface area contributed by atoms with Gasteiger partial charge in [-0.1, -0.05) is 5.21 Å². The minimum Gasteiger partial charge on any atom is -0.319 e. The average molecular weight is 329 g/mol. The highest BCUT2D eigenvalue weighted by Crippen LogP contribution is 2.22. The summed E-state index contributed by atoms with van der Waals surface area (Å²) < 4.78 is 15.4. The lowest BCUT2D eigenvalue weighted by Gasteiger charge is -2.06. The number of nitrogens with one attached hydrogen (secondary N) is 1. The van der Waals surface area contributed by atoms with Gasteiger partial charge in [-0.15, -0.1) is 5.10 Å². The molecule has 24 heavy (non-hydrogen) atoms. The van der Waals surface area contributed by atoms with Crippen LogP contribution in [0.3, 0.4) is 0 Å². The van der Waals surface area contributed by atoms with Crippen molar-refractivity contribution < 1.29 is 14.1 Å². The van der Waals surface area contributed by atoms with Crippen molar-refractivity contribution in [2.45, 2.75) is 13.5 Å². The van der Waals surface area contributed by atoms with Gasteiger partial charge in [0.1, 0.15) is 11.3 Å². The SMILES string of the molecule is CCn1nnc2cc(C(=O)Nc3cc([N+](=O)[O-])ccc3F)ccc21. The van der Waals surface area contributed by atoms with E-state index in [1.807, 2.05) is 6.92 Å². The minimum absolute atomic E-state index is 0.247. The largest absolute Gasteiger partial charge is 0.319 e. The standard InChI is InChI=1S/C15H12FN5O3/c1-2-20-14-6-3-9(7-13(14)18-19-20)15(22)17-12-8-10(21(23)24)4-5-11(12)16/h3-8H,2H2,1H3,(H,17,22). The molecule has 3 aromatic rings. The summed E-state index contributed by atoms with van der Waals surface area (Å²) in [6, 6.07) is 7.71. The number of nitrogens with zero attached hydrogens (tertiary/aromatic N) is 4. The molecule has 0 spiro atoms. The van der Waals surface area contributed by atoms with E-state index in [4.69, 9.17) is 0 Å². The number of nitro benzene ring substituents is 1. The number of aryl methyl sites for hydroxylation is 1. The fourth-order valence-corrected chi connectivity index (χ4v) is 2.26. The molecule has 1 amide bonds. The maximum Gasteiger partial charge on any atom is 0.271 e. The molecule has 0 aliphatic rings. The first-order valence-corrected chi connectivity index (χ1v) is 7.08. The summed E-state index contributed by atoms with van der Waals surface area (Å²) in [4.78, 5) is 22.4. The lowest BCUT2D eigenvalue weighted by molar-refractivity contribution is -0.384. The number of hydrogen-bond acceptors (Lipinski definition) is 5. The Kier molecular flexibility index (Phi) is 3.90. The molecule has 2 aromatic carbocycles.